The fraction of sp³-hybridized carbons (Fsp3) is 0.250. The molecular weight excluding hydrogens is 346 g/mol. The highest BCUT2D eigenvalue weighted by molar-refractivity contribution is 5.88. The number of ether oxygens (including phenoxy) is 1. The summed E-state index contributed by atoms with van der Waals surface area (Å²) in [5.74, 6) is 0.949. The second-order valence-corrected chi connectivity index (χ2v) is 6.26. The van der Waals surface area contributed by atoms with Crippen LogP contribution < -0.4 is 15.6 Å². The second kappa shape index (κ2) is 8.01. The molecule has 0 saturated heterocycles. The Bertz CT molecular complexity index is 1010. The van der Waals surface area contributed by atoms with Crippen LogP contribution in [0.1, 0.15) is 12.7 Å². The zero-order chi connectivity index (χ0) is 19.4. The molecule has 2 aromatic carbocycles. The number of nitrogens with one attached hydrogen (secondary N) is 1. The minimum absolute atomic E-state index is 0.0260. The molecular formula is C20H21N3O4. The minimum atomic E-state index is -0.876. The number of carbonyl (C=O) groups is 1. The quantitative estimate of drug-likeness (QED) is 0.696. The summed E-state index contributed by atoms with van der Waals surface area (Å²) in [6, 6.07) is 14.0. The Morgan fingerprint density at radius 2 is 1.93 bits per heavy atom. The topological polar surface area (TPSA) is 93.4 Å². The minimum Gasteiger partial charge on any atom is -0.491 e. The van der Waals surface area contributed by atoms with Crippen LogP contribution >= 0.6 is 0 Å². The SMILES string of the molecule is CC(=O)Nc1ccc(OC[C@@H](O)Cn2c(C)nc3ccccc3c2=O)cc1. The number of rotatable bonds is 6. The first kappa shape index (κ1) is 18.6. The van der Waals surface area contributed by atoms with Gasteiger partial charge in [-0.15, -0.1) is 0 Å². The summed E-state index contributed by atoms with van der Waals surface area (Å²) in [5, 5.41) is 13.5. The highest BCUT2D eigenvalue weighted by atomic mass is 16.5. The van der Waals surface area contributed by atoms with Crippen LogP contribution in [0.15, 0.2) is 53.3 Å². The van der Waals surface area contributed by atoms with Gasteiger partial charge in [-0.05, 0) is 43.3 Å². The molecule has 2 N–H and O–H groups in total. The van der Waals surface area contributed by atoms with Gasteiger partial charge in [0.1, 0.15) is 24.3 Å². The lowest BCUT2D eigenvalue weighted by Crippen LogP contribution is -2.32. The molecule has 7 heteroatoms. The number of anilines is 1. The van der Waals surface area contributed by atoms with Crippen LogP contribution in [0.25, 0.3) is 10.9 Å². The van der Waals surface area contributed by atoms with Gasteiger partial charge in [0.25, 0.3) is 5.56 Å². The van der Waals surface area contributed by atoms with E-state index in [-0.39, 0.29) is 24.6 Å². The van der Waals surface area contributed by atoms with E-state index in [4.69, 9.17) is 4.74 Å². The molecule has 0 aliphatic carbocycles. The highest BCUT2D eigenvalue weighted by Crippen LogP contribution is 2.16. The summed E-state index contributed by atoms with van der Waals surface area (Å²) in [5.41, 5.74) is 1.12. The third kappa shape index (κ3) is 4.51. The number of aliphatic hydroxyl groups excluding tert-OH is 1. The van der Waals surface area contributed by atoms with E-state index in [1.807, 2.05) is 6.07 Å². The Morgan fingerprint density at radius 1 is 1.22 bits per heavy atom. The molecule has 0 unspecified atom stereocenters. The lowest BCUT2D eigenvalue weighted by atomic mass is 10.2. The van der Waals surface area contributed by atoms with E-state index < -0.39 is 6.10 Å². The molecule has 0 radical (unpaired) electrons. The van der Waals surface area contributed by atoms with Crippen molar-refractivity contribution in [2.24, 2.45) is 0 Å². The van der Waals surface area contributed by atoms with Crippen molar-refractivity contribution >= 4 is 22.5 Å². The fourth-order valence-corrected chi connectivity index (χ4v) is 2.79. The van der Waals surface area contributed by atoms with Crippen molar-refractivity contribution in [3.05, 3.63) is 64.7 Å². The van der Waals surface area contributed by atoms with Gasteiger partial charge < -0.3 is 15.2 Å². The van der Waals surface area contributed by atoms with Gasteiger partial charge in [0.2, 0.25) is 5.91 Å². The average molecular weight is 367 g/mol. The van der Waals surface area contributed by atoms with Crippen LogP contribution in [0.4, 0.5) is 5.69 Å². The summed E-state index contributed by atoms with van der Waals surface area (Å²) < 4.78 is 7.02. The Balaban J connectivity index is 1.66. The van der Waals surface area contributed by atoms with E-state index in [9.17, 15) is 14.7 Å². The molecule has 7 nitrogen and oxygen atoms in total. The van der Waals surface area contributed by atoms with E-state index in [2.05, 4.69) is 10.3 Å². The van der Waals surface area contributed by atoms with Crippen molar-refractivity contribution in [2.75, 3.05) is 11.9 Å². The van der Waals surface area contributed by atoms with E-state index in [1.165, 1.54) is 11.5 Å². The lowest BCUT2D eigenvalue weighted by Gasteiger charge is -2.16. The van der Waals surface area contributed by atoms with Crippen LogP contribution in [0.2, 0.25) is 0 Å². The number of aliphatic hydroxyl groups is 1. The maximum Gasteiger partial charge on any atom is 0.261 e. The number of para-hydroxylation sites is 1. The number of hydrogen-bond donors (Lipinski definition) is 2. The number of amides is 1. The van der Waals surface area contributed by atoms with Crippen LogP contribution in [-0.2, 0) is 11.3 Å². The first-order valence-corrected chi connectivity index (χ1v) is 8.59. The van der Waals surface area contributed by atoms with Crippen molar-refractivity contribution in [3.63, 3.8) is 0 Å². The summed E-state index contributed by atoms with van der Waals surface area (Å²) >= 11 is 0. The van der Waals surface area contributed by atoms with Crippen molar-refractivity contribution < 1.29 is 14.6 Å². The number of nitrogens with zero attached hydrogens (tertiary/aromatic N) is 2. The number of hydrogen-bond acceptors (Lipinski definition) is 5. The van der Waals surface area contributed by atoms with E-state index >= 15 is 0 Å². The monoisotopic (exact) mass is 367 g/mol. The van der Waals surface area contributed by atoms with Crippen LogP contribution in [0.3, 0.4) is 0 Å². The highest BCUT2D eigenvalue weighted by Gasteiger charge is 2.13. The number of fused-ring (bicyclic) bond motifs is 1. The molecule has 0 aliphatic heterocycles. The Labute approximate surface area is 156 Å². The summed E-state index contributed by atoms with van der Waals surface area (Å²) in [4.78, 5) is 28.1. The number of aromatic nitrogens is 2. The van der Waals surface area contributed by atoms with Crippen LogP contribution in [0, 0.1) is 6.92 Å². The third-order valence-corrected chi connectivity index (χ3v) is 4.06. The molecule has 0 spiro atoms. The third-order valence-electron chi connectivity index (χ3n) is 4.06. The molecule has 0 saturated carbocycles. The fourth-order valence-electron chi connectivity index (χ4n) is 2.79. The maximum atomic E-state index is 12.6. The number of carbonyl (C=O) groups excluding carboxylic acids is 1. The summed E-state index contributed by atoms with van der Waals surface area (Å²) in [6.07, 6.45) is -0.876. The molecule has 1 amide bonds. The van der Waals surface area contributed by atoms with E-state index in [1.54, 1.807) is 49.4 Å². The van der Waals surface area contributed by atoms with Gasteiger partial charge in [-0.3, -0.25) is 14.2 Å². The largest absolute Gasteiger partial charge is 0.491 e. The molecule has 1 aromatic heterocycles. The van der Waals surface area contributed by atoms with Gasteiger partial charge in [-0.2, -0.15) is 0 Å². The first-order chi connectivity index (χ1) is 12.9. The molecule has 27 heavy (non-hydrogen) atoms. The van der Waals surface area contributed by atoms with Crippen LogP contribution in [-0.4, -0.2) is 33.3 Å². The second-order valence-electron chi connectivity index (χ2n) is 6.26. The van der Waals surface area contributed by atoms with Gasteiger partial charge in [-0.1, -0.05) is 12.1 Å². The predicted molar refractivity (Wildman–Crippen MR) is 103 cm³/mol. The Hall–Kier alpha value is -3.19. The van der Waals surface area contributed by atoms with Gasteiger partial charge in [0.15, 0.2) is 0 Å². The lowest BCUT2D eigenvalue weighted by molar-refractivity contribution is -0.114. The average Bonchev–Trinajstić information content (AvgIpc) is 2.64. The number of benzene rings is 2. The number of aryl methyl sites for hydroxylation is 1. The molecule has 1 atom stereocenters. The van der Waals surface area contributed by atoms with Crippen molar-refractivity contribution in [1.82, 2.24) is 9.55 Å². The maximum absolute atomic E-state index is 12.6. The smallest absolute Gasteiger partial charge is 0.261 e. The molecule has 0 bridgehead atoms. The van der Waals surface area contributed by atoms with Crippen molar-refractivity contribution in [2.45, 2.75) is 26.5 Å². The molecule has 3 rings (SSSR count). The zero-order valence-electron chi connectivity index (χ0n) is 15.2. The summed E-state index contributed by atoms with van der Waals surface area (Å²) in [6.45, 7) is 3.29. The van der Waals surface area contributed by atoms with Crippen molar-refractivity contribution in [3.8, 4) is 5.75 Å². The normalized spacial score (nSPS) is 12.0. The molecule has 3 aromatic rings. The first-order valence-electron chi connectivity index (χ1n) is 8.59. The van der Waals surface area contributed by atoms with Gasteiger partial charge in [0.05, 0.1) is 17.4 Å². The van der Waals surface area contributed by atoms with E-state index in [0.717, 1.165) is 0 Å². The molecule has 1 heterocycles. The molecule has 140 valence electrons. The van der Waals surface area contributed by atoms with E-state index in [0.29, 0.717) is 28.2 Å². The zero-order valence-corrected chi connectivity index (χ0v) is 15.2. The van der Waals surface area contributed by atoms with Gasteiger partial charge in [-0.25, -0.2) is 4.98 Å². The Morgan fingerprint density at radius 3 is 2.63 bits per heavy atom. The van der Waals surface area contributed by atoms with Gasteiger partial charge >= 0.3 is 0 Å². The molecule has 0 fully saturated rings. The van der Waals surface area contributed by atoms with Crippen LogP contribution in [0.5, 0.6) is 5.75 Å². The Kier molecular flexibility index (Phi) is 5.52. The standard InChI is InChI=1S/C20H21N3O4/c1-13-21-19-6-4-3-5-18(19)20(26)23(13)11-16(25)12-27-17-9-7-15(8-10-17)22-14(2)24/h3-10,16,25H,11-12H2,1-2H3,(H,22,24)/t16-/m0/s1. The summed E-state index contributed by atoms with van der Waals surface area (Å²) in [7, 11) is 0. The van der Waals surface area contributed by atoms with Gasteiger partial charge in [0, 0.05) is 12.6 Å². The molecule has 0 aliphatic rings. The van der Waals surface area contributed by atoms with Crippen molar-refractivity contribution in [1.29, 1.82) is 0 Å². The predicted octanol–water partition coefficient (Wildman–Crippen LogP) is 2.10.